The highest BCUT2D eigenvalue weighted by Gasteiger charge is 2.50. The van der Waals surface area contributed by atoms with Gasteiger partial charge in [0.15, 0.2) is 6.29 Å². The number of carbonyl (C=O) groups is 3. The summed E-state index contributed by atoms with van der Waals surface area (Å²) in [6.45, 7) is 0.799. The molecular weight excluding hydrogens is 492 g/mol. The molecule has 194 valence electrons. The Hall–Kier alpha value is -3.32. The van der Waals surface area contributed by atoms with Crippen molar-refractivity contribution in [1.82, 2.24) is 10.6 Å². The predicted octanol–water partition coefficient (Wildman–Crippen LogP) is 0.863. The zero-order valence-corrected chi connectivity index (χ0v) is 20.8. The predicted molar refractivity (Wildman–Crippen MR) is 127 cm³/mol. The van der Waals surface area contributed by atoms with Crippen LogP contribution in [0.4, 0.5) is 0 Å². The van der Waals surface area contributed by atoms with E-state index in [-0.39, 0.29) is 6.61 Å². The van der Waals surface area contributed by atoms with Gasteiger partial charge in [0, 0.05) is 25.2 Å². The molecule has 1 fully saturated rings. The lowest BCUT2D eigenvalue weighted by molar-refractivity contribution is -0.236. The molecule has 2 amide bonds. The first-order chi connectivity index (χ1) is 17.1. The van der Waals surface area contributed by atoms with Gasteiger partial charge in [-0.1, -0.05) is 36.4 Å². The van der Waals surface area contributed by atoms with Crippen LogP contribution in [0.5, 0.6) is 0 Å². The molecule has 1 saturated heterocycles. The van der Waals surface area contributed by atoms with Gasteiger partial charge in [-0.15, -0.1) is 0 Å². The number of rotatable bonds is 9. The summed E-state index contributed by atoms with van der Waals surface area (Å²) < 4.78 is 46.0. The maximum absolute atomic E-state index is 13.1. The molecule has 0 radical (unpaired) electrons. The molecule has 11 nitrogen and oxygen atoms in total. The molecule has 2 N–H and O–H groups in total. The Labute approximate surface area is 209 Å². The molecule has 0 spiro atoms. The minimum atomic E-state index is -4.08. The topological polar surface area (TPSA) is 146 Å². The second-order valence-electron chi connectivity index (χ2n) is 8.08. The Balaban J connectivity index is 2.01. The number of amides is 2. The van der Waals surface area contributed by atoms with Crippen molar-refractivity contribution in [2.24, 2.45) is 0 Å². The lowest BCUT2D eigenvalue weighted by Crippen LogP contribution is -2.70. The summed E-state index contributed by atoms with van der Waals surface area (Å²) in [6.07, 6.45) is -2.84. The molecule has 0 aliphatic carbocycles. The largest absolute Gasteiger partial charge is 0.463 e. The molecular formula is C24H28N2O9S. The van der Waals surface area contributed by atoms with Crippen LogP contribution < -0.4 is 10.6 Å². The van der Waals surface area contributed by atoms with E-state index in [2.05, 4.69) is 10.6 Å². The van der Waals surface area contributed by atoms with Crippen LogP contribution in [0, 0.1) is 0 Å². The molecule has 3 rings (SSSR count). The molecule has 1 aliphatic rings. The average Bonchev–Trinajstić information content (AvgIpc) is 2.85. The van der Waals surface area contributed by atoms with Gasteiger partial charge in [-0.3, -0.25) is 18.6 Å². The second-order valence-corrected chi connectivity index (χ2v) is 9.68. The molecule has 12 heteroatoms. The number of ether oxygens (including phenoxy) is 3. The van der Waals surface area contributed by atoms with Crippen LogP contribution in [0.25, 0.3) is 0 Å². The van der Waals surface area contributed by atoms with Crippen LogP contribution in [0.3, 0.4) is 0 Å². The van der Waals surface area contributed by atoms with Gasteiger partial charge in [0.05, 0.1) is 12.3 Å². The number of benzene rings is 2. The first kappa shape index (κ1) is 27.3. The molecule has 5 atom stereocenters. The Morgan fingerprint density at radius 1 is 0.889 bits per heavy atom. The molecule has 2 aromatic carbocycles. The van der Waals surface area contributed by atoms with E-state index in [4.69, 9.17) is 18.4 Å². The number of hydrogen-bond acceptors (Lipinski definition) is 9. The van der Waals surface area contributed by atoms with Gasteiger partial charge in [-0.05, 0) is 24.3 Å². The van der Waals surface area contributed by atoms with Crippen LogP contribution in [0.15, 0.2) is 60.7 Å². The van der Waals surface area contributed by atoms with Crippen molar-refractivity contribution in [2.75, 3.05) is 20.0 Å². The summed E-state index contributed by atoms with van der Waals surface area (Å²) >= 11 is 0. The number of carbonyl (C=O) groups excluding carboxylic acids is 3. The van der Waals surface area contributed by atoms with Crippen LogP contribution in [-0.2, 0) is 33.3 Å². The SMILES string of the molecule is COC1OC(COC(C)=O)C(OS(C)(=O)=O)C(NC(=O)c2ccccc2)C1NC(=O)c1ccccc1. The molecule has 1 heterocycles. The maximum Gasteiger partial charge on any atom is 0.302 e. The van der Waals surface area contributed by atoms with Crippen molar-refractivity contribution in [3.05, 3.63) is 71.8 Å². The van der Waals surface area contributed by atoms with E-state index < -0.39 is 58.5 Å². The molecule has 0 aromatic heterocycles. The summed E-state index contributed by atoms with van der Waals surface area (Å²) in [4.78, 5) is 37.5. The summed E-state index contributed by atoms with van der Waals surface area (Å²) in [5.74, 6) is -1.69. The fourth-order valence-corrected chi connectivity index (χ4v) is 4.42. The van der Waals surface area contributed by atoms with Crippen molar-refractivity contribution in [3.8, 4) is 0 Å². The lowest BCUT2D eigenvalue weighted by Gasteiger charge is -2.45. The van der Waals surface area contributed by atoms with Crippen molar-refractivity contribution >= 4 is 27.9 Å². The Bertz CT molecular complexity index is 1160. The van der Waals surface area contributed by atoms with E-state index in [1.165, 1.54) is 14.0 Å². The fourth-order valence-electron chi connectivity index (χ4n) is 3.78. The smallest absolute Gasteiger partial charge is 0.302 e. The van der Waals surface area contributed by atoms with Gasteiger partial charge in [0.25, 0.3) is 21.9 Å². The first-order valence-corrected chi connectivity index (χ1v) is 12.8. The van der Waals surface area contributed by atoms with Gasteiger partial charge in [-0.2, -0.15) is 8.42 Å². The highest BCUT2D eigenvalue weighted by atomic mass is 32.2. The lowest BCUT2D eigenvalue weighted by atomic mass is 9.93. The van der Waals surface area contributed by atoms with Gasteiger partial charge < -0.3 is 24.8 Å². The molecule has 5 unspecified atom stereocenters. The highest BCUT2D eigenvalue weighted by molar-refractivity contribution is 7.86. The summed E-state index contributed by atoms with van der Waals surface area (Å²) in [5.41, 5.74) is 0.615. The average molecular weight is 521 g/mol. The van der Waals surface area contributed by atoms with E-state index in [1.807, 2.05) is 0 Å². The molecule has 2 aromatic rings. The van der Waals surface area contributed by atoms with Gasteiger partial charge >= 0.3 is 5.97 Å². The van der Waals surface area contributed by atoms with E-state index in [0.717, 1.165) is 6.26 Å². The normalized spacial score (nSPS) is 23.9. The fraction of sp³-hybridized carbons (Fsp3) is 0.375. The minimum absolute atomic E-state index is 0.292. The third kappa shape index (κ3) is 7.34. The summed E-state index contributed by atoms with van der Waals surface area (Å²) in [5, 5.41) is 5.51. The number of hydrogen-bond donors (Lipinski definition) is 2. The van der Waals surface area contributed by atoms with Crippen LogP contribution in [0.1, 0.15) is 27.6 Å². The molecule has 36 heavy (non-hydrogen) atoms. The Morgan fingerprint density at radius 2 is 1.39 bits per heavy atom. The van der Waals surface area contributed by atoms with E-state index >= 15 is 0 Å². The zero-order chi connectivity index (χ0) is 26.3. The minimum Gasteiger partial charge on any atom is -0.463 e. The van der Waals surface area contributed by atoms with Crippen LogP contribution in [-0.4, -0.2) is 76.8 Å². The monoisotopic (exact) mass is 520 g/mol. The van der Waals surface area contributed by atoms with Crippen molar-refractivity contribution < 1.29 is 41.2 Å². The van der Waals surface area contributed by atoms with Crippen molar-refractivity contribution in [1.29, 1.82) is 0 Å². The van der Waals surface area contributed by atoms with Gasteiger partial charge in [0.2, 0.25) is 0 Å². The van der Waals surface area contributed by atoms with E-state index in [0.29, 0.717) is 11.1 Å². The third-order valence-corrected chi connectivity index (χ3v) is 5.92. The molecule has 0 saturated carbocycles. The maximum atomic E-state index is 13.1. The Morgan fingerprint density at radius 3 is 1.83 bits per heavy atom. The zero-order valence-electron chi connectivity index (χ0n) is 19.9. The van der Waals surface area contributed by atoms with Crippen molar-refractivity contribution in [2.45, 2.75) is 37.5 Å². The quantitative estimate of drug-likeness (QED) is 0.363. The van der Waals surface area contributed by atoms with Gasteiger partial charge in [-0.25, -0.2) is 0 Å². The number of methoxy groups -OCH3 is 1. The Kier molecular flexibility index (Phi) is 9.15. The highest BCUT2D eigenvalue weighted by Crippen LogP contribution is 2.27. The summed E-state index contributed by atoms with van der Waals surface area (Å²) in [6, 6.07) is 14.2. The number of nitrogens with one attached hydrogen (secondary N) is 2. The van der Waals surface area contributed by atoms with E-state index in [9.17, 15) is 22.8 Å². The van der Waals surface area contributed by atoms with Crippen molar-refractivity contribution in [3.63, 3.8) is 0 Å². The van der Waals surface area contributed by atoms with Crippen LogP contribution in [0.2, 0.25) is 0 Å². The molecule has 1 aliphatic heterocycles. The number of esters is 1. The van der Waals surface area contributed by atoms with Crippen LogP contribution >= 0.6 is 0 Å². The first-order valence-electron chi connectivity index (χ1n) is 11.0. The summed E-state index contributed by atoms with van der Waals surface area (Å²) in [7, 11) is -2.76. The van der Waals surface area contributed by atoms with E-state index in [1.54, 1.807) is 60.7 Å². The second kappa shape index (κ2) is 12.1. The third-order valence-electron chi connectivity index (χ3n) is 5.35. The standard InChI is InChI=1S/C24H28N2O9S/c1-15(27)33-14-18-21(35-36(3,30)31)19(25-22(28)16-10-6-4-7-11-16)20(24(32-2)34-18)26-23(29)17-12-8-5-9-13-17/h4-13,18-21,24H,14H2,1-3H3,(H,25,28)(H,26,29). The molecule has 0 bridgehead atoms. The van der Waals surface area contributed by atoms with Gasteiger partial charge in [0.1, 0.15) is 24.9 Å².